The molecule has 1 aliphatic rings. The standard InChI is InChI=1S/C34H43N9O4/c1-5-13-42(32(44)19-36-3)21-30-37-17-28(40-30)24-9-7-23(8-10-24)25-11-12-27(26(15-25)16-35)29-18-38-31(41-29)22-43(14-6-2)33(45)20-39-34(46)47-4/h7-12,15,17-18,31,36,38,41H,5-6,13-14,19-22H2,1-4H3,(H,37,40)(H,39,46). The van der Waals surface area contributed by atoms with Crippen LogP contribution >= 0.6 is 0 Å². The van der Waals surface area contributed by atoms with Crippen LogP contribution in [0.25, 0.3) is 28.1 Å². The summed E-state index contributed by atoms with van der Waals surface area (Å²) in [5, 5.41) is 22.0. The molecule has 0 aliphatic carbocycles. The summed E-state index contributed by atoms with van der Waals surface area (Å²) in [7, 11) is 3.01. The van der Waals surface area contributed by atoms with Gasteiger partial charge >= 0.3 is 6.09 Å². The lowest BCUT2D eigenvalue weighted by molar-refractivity contribution is -0.131. The minimum atomic E-state index is -0.656. The summed E-state index contributed by atoms with van der Waals surface area (Å²) in [6, 6.07) is 16.1. The lowest BCUT2D eigenvalue weighted by Crippen LogP contribution is -2.49. The molecule has 2 aromatic carbocycles. The van der Waals surface area contributed by atoms with E-state index in [-0.39, 0.29) is 31.1 Å². The van der Waals surface area contributed by atoms with Gasteiger partial charge in [0.15, 0.2) is 0 Å². The maximum Gasteiger partial charge on any atom is 0.407 e. The van der Waals surface area contributed by atoms with Crippen molar-refractivity contribution in [2.24, 2.45) is 0 Å². The Kier molecular flexibility index (Phi) is 12.4. The van der Waals surface area contributed by atoms with Crippen molar-refractivity contribution >= 4 is 23.6 Å². The Morgan fingerprint density at radius 1 is 0.979 bits per heavy atom. The molecule has 0 radical (unpaired) electrons. The van der Waals surface area contributed by atoms with Crippen molar-refractivity contribution < 1.29 is 19.1 Å². The van der Waals surface area contributed by atoms with Crippen molar-refractivity contribution in [3.63, 3.8) is 0 Å². The molecule has 0 spiro atoms. The minimum absolute atomic E-state index is 0.0347. The Hall–Kier alpha value is -5.35. The second-order valence-electron chi connectivity index (χ2n) is 11.1. The first-order chi connectivity index (χ1) is 22.8. The Morgan fingerprint density at radius 3 is 2.34 bits per heavy atom. The van der Waals surface area contributed by atoms with E-state index in [9.17, 15) is 19.6 Å². The number of aromatic nitrogens is 2. The van der Waals surface area contributed by atoms with Crippen molar-refractivity contribution in [2.45, 2.75) is 39.4 Å². The Balaban J connectivity index is 1.40. The first-order valence-electron chi connectivity index (χ1n) is 15.7. The lowest BCUT2D eigenvalue weighted by Gasteiger charge is -2.26. The smallest absolute Gasteiger partial charge is 0.407 e. The van der Waals surface area contributed by atoms with E-state index >= 15 is 0 Å². The molecule has 0 fully saturated rings. The van der Waals surface area contributed by atoms with Crippen molar-refractivity contribution in [3.05, 3.63) is 71.8 Å². The summed E-state index contributed by atoms with van der Waals surface area (Å²) in [5.74, 6) is 0.543. The minimum Gasteiger partial charge on any atom is -0.453 e. The summed E-state index contributed by atoms with van der Waals surface area (Å²) in [6.45, 7) is 6.14. The number of amides is 3. The van der Waals surface area contributed by atoms with Crippen molar-refractivity contribution in [1.82, 2.24) is 41.0 Å². The molecule has 13 heteroatoms. The van der Waals surface area contributed by atoms with Gasteiger partial charge in [0.1, 0.15) is 18.5 Å². The number of nitrogens with zero attached hydrogens (tertiary/aromatic N) is 4. The summed E-state index contributed by atoms with van der Waals surface area (Å²) in [5.41, 5.74) is 5.70. The quantitative estimate of drug-likeness (QED) is 0.168. The number of hydrogen-bond acceptors (Lipinski definition) is 9. The molecule has 1 atom stereocenters. The van der Waals surface area contributed by atoms with Gasteiger partial charge < -0.3 is 40.8 Å². The van der Waals surface area contributed by atoms with E-state index in [1.807, 2.05) is 62.5 Å². The van der Waals surface area contributed by atoms with Crippen molar-refractivity contribution in [3.8, 4) is 28.5 Å². The molecule has 4 rings (SSSR count). The van der Waals surface area contributed by atoms with E-state index in [2.05, 4.69) is 42.0 Å². The molecule has 0 saturated heterocycles. The third-order valence-corrected chi connectivity index (χ3v) is 7.68. The number of likely N-dealkylation sites (N-methyl/N-ethyl adjacent to an activating group) is 1. The van der Waals surface area contributed by atoms with E-state index in [1.54, 1.807) is 23.0 Å². The number of imidazole rings is 1. The zero-order valence-electron chi connectivity index (χ0n) is 27.4. The number of benzene rings is 2. The van der Waals surface area contributed by atoms with Crippen molar-refractivity contribution in [2.75, 3.05) is 46.9 Å². The monoisotopic (exact) mass is 641 g/mol. The van der Waals surface area contributed by atoms with E-state index in [1.165, 1.54) is 7.11 Å². The van der Waals surface area contributed by atoms with Crippen LogP contribution in [0.15, 0.2) is 54.9 Å². The fraction of sp³-hybridized carbons (Fsp3) is 0.382. The van der Waals surface area contributed by atoms with Crippen LogP contribution in [0, 0.1) is 11.3 Å². The third-order valence-electron chi connectivity index (χ3n) is 7.68. The van der Waals surface area contributed by atoms with Crippen LogP contribution in [0.5, 0.6) is 0 Å². The van der Waals surface area contributed by atoms with Crippen LogP contribution in [-0.4, -0.2) is 90.7 Å². The molecular weight excluding hydrogens is 598 g/mol. The van der Waals surface area contributed by atoms with Gasteiger partial charge in [-0.15, -0.1) is 0 Å². The first kappa shape index (κ1) is 34.5. The number of hydrogen-bond donors (Lipinski definition) is 5. The first-order valence-corrected chi connectivity index (χ1v) is 15.7. The van der Waals surface area contributed by atoms with Gasteiger partial charge in [-0.25, -0.2) is 9.78 Å². The number of aromatic amines is 1. The number of nitriles is 1. The largest absolute Gasteiger partial charge is 0.453 e. The molecule has 3 aromatic rings. The fourth-order valence-electron chi connectivity index (χ4n) is 5.34. The highest BCUT2D eigenvalue weighted by atomic mass is 16.5. The average molecular weight is 642 g/mol. The molecule has 1 aliphatic heterocycles. The van der Waals surface area contributed by atoms with Crippen LogP contribution in [0.1, 0.15) is 43.6 Å². The van der Waals surface area contributed by atoms with E-state index in [0.29, 0.717) is 31.7 Å². The number of ether oxygens (including phenoxy) is 1. The molecule has 47 heavy (non-hydrogen) atoms. The summed E-state index contributed by atoms with van der Waals surface area (Å²) >= 11 is 0. The number of nitrogens with one attached hydrogen (secondary N) is 5. The summed E-state index contributed by atoms with van der Waals surface area (Å²) < 4.78 is 4.55. The number of carbonyl (C=O) groups is 3. The highest BCUT2D eigenvalue weighted by molar-refractivity contribution is 5.82. The van der Waals surface area contributed by atoms with Crippen LogP contribution in [0.4, 0.5) is 4.79 Å². The maximum atomic E-state index is 12.7. The van der Waals surface area contributed by atoms with Gasteiger partial charge in [0, 0.05) is 24.9 Å². The van der Waals surface area contributed by atoms with Gasteiger partial charge in [-0.2, -0.15) is 5.26 Å². The van der Waals surface area contributed by atoms with Crippen LogP contribution in [0.3, 0.4) is 0 Å². The molecule has 1 aromatic heterocycles. The summed E-state index contributed by atoms with van der Waals surface area (Å²) in [6.07, 6.45) is 4.30. The second kappa shape index (κ2) is 16.8. The van der Waals surface area contributed by atoms with E-state index < -0.39 is 6.09 Å². The molecule has 0 bridgehead atoms. The average Bonchev–Trinajstić information content (AvgIpc) is 3.76. The predicted molar refractivity (Wildman–Crippen MR) is 179 cm³/mol. The molecule has 3 amide bonds. The Bertz CT molecular complexity index is 1610. The highest BCUT2D eigenvalue weighted by Gasteiger charge is 2.24. The Labute approximate surface area is 275 Å². The number of rotatable bonds is 15. The van der Waals surface area contributed by atoms with Gasteiger partial charge in [-0.1, -0.05) is 50.2 Å². The third kappa shape index (κ3) is 9.11. The molecular formula is C34H43N9O4. The van der Waals surface area contributed by atoms with Gasteiger partial charge in [0.05, 0.1) is 56.0 Å². The fourth-order valence-corrected chi connectivity index (χ4v) is 5.34. The van der Waals surface area contributed by atoms with Gasteiger partial charge in [0.2, 0.25) is 11.8 Å². The molecule has 13 nitrogen and oxygen atoms in total. The predicted octanol–water partition coefficient (Wildman–Crippen LogP) is 2.99. The molecule has 1 unspecified atom stereocenters. The lowest BCUT2D eigenvalue weighted by atomic mass is 9.97. The van der Waals surface area contributed by atoms with Crippen LogP contribution in [-0.2, 0) is 20.9 Å². The van der Waals surface area contributed by atoms with E-state index in [4.69, 9.17) is 0 Å². The molecule has 2 heterocycles. The number of H-pyrrole nitrogens is 1. The zero-order valence-corrected chi connectivity index (χ0v) is 27.4. The zero-order chi connectivity index (χ0) is 33.8. The number of alkyl carbamates (subject to hydrolysis) is 1. The highest BCUT2D eigenvalue weighted by Crippen LogP contribution is 2.28. The van der Waals surface area contributed by atoms with E-state index in [0.717, 1.165) is 52.3 Å². The SMILES string of the molecule is CCCN(Cc1ncc(-c2ccc(-c3ccc(C4=CNC(CN(CCC)C(=O)CNC(=O)OC)N4)c(C#N)c3)cc2)[nH]1)C(=O)CNC. The Morgan fingerprint density at radius 2 is 1.66 bits per heavy atom. The number of methoxy groups -OCH3 is 1. The maximum absolute atomic E-state index is 12.7. The van der Waals surface area contributed by atoms with Gasteiger partial charge in [-0.05, 0) is 42.6 Å². The number of carbonyl (C=O) groups excluding carboxylic acids is 3. The van der Waals surface area contributed by atoms with Gasteiger partial charge in [-0.3, -0.25) is 9.59 Å². The van der Waals surface area contributed by atoms with Crippen molar-refractivity contribution in [1.29, 1.82) is 5.26 Å². The topological polar surface area (TPSA) is 168 Å². The van der Waals surface area contributed by atoms with Crippen LogP contribution < -0.4 is 21.3 Å². The molecule has 248 valence electrons. The molecule has 0 saturated carbocycles. The second-order valence-corrected chi connectivity index (χ2v) is 11.1. The normalized spacial score (nSPS) is 13.5. The van der Waals surface area contributed by atoms with Gasteiger partial charge in [0.25, 0.3) is 0 Å². The summed E-state index contributed by atoms with van der Waals surface area (Å²) in [4.78, 5) is 47.8. The molecule has 5 N–H and O–H groups in total. The van der Waals surface area contributed by atoms with Crippen LogP contribution in [0.2, 0.25) is 0 Å².